The summed E-state index contributed by atoms with van der Waals surface area (Å²) in [6.45, 7) is 9.39. The van der Waals surface area contributed by atoms with Gasteiger partial charge in [0, 0.05) is 0 Å². The number of aromatic amines is 1. The van der Waals surface area contributed by atoms with E-state index in [-0.39, 0.29) is 0 Å². The first-order valence-corrected chi connectivity index (χ1v) is 16.8. The molecule has 2 atom stereocenters. The van der Waals surface area contributed by atoms with Gasteiger partial charge in [-0.25, -0.2) is 9.55 Å². The summed E-state index contributed by atoms with van der Waals surface area (Å²) >= 11 is 0. The van der Waals surface area contributed by atoms with Crippen LogP contribution in [0.15, 0.2) is 12.4 Å². The third-order valence-corrected chi connectivity index (χ3v) is 8.39. The van der Waals surface area contributed by atoms with Crippen LogP contribution in [0, 0.1) is 0 Å². The lowest BCUT2D eigenvalue weighted by atomic mass is 9.93. The summed E-state index contributed by atoms with van der Waals surface area (Å²) in [7, 11) is 0. The third kappa shape index (κ3) is 16.9. The second-order valence-electron chi connectivity index (χ2n) is 11.9. The second kappa shape index (κ2) is 24.5. The molecule has 2 nitrogen and oxygen atoms in total. The van der Waals surface area contributed by atoms with E-state index in [0.29, 0.717) is 12.0 Å². The zero-order valence-electron chi connectivity index (χ0n) is 25.4. The van der Waals surface area contributed by atoms with Crippen LogP contribution in [0.2, 0.25) is 0 Å². The molecule has 1 heterocycles. The zero-order chi connectivity index (χ0) is 26.1. The average molecular weight is 504 g/mol. The smallest absolute Gasteiger partial charge is 0.247 e. The van der Waals surface area contributed by atoms with Gasteiger partial charge < -0.3 is 0 Å². The van der Waals surface area contributed by atoms with Gasteiger partial charge in [-0.05, 0) is 32.6 Å². The van der Waals surface area contributed by atoms with E-state index in [1.165, 1.54) is 166 Å². The molecule has 0 aliphatic rings. The summed E-state index contributed by atoms with van der Waals surface area (Å²) in [6.07, 6.45) is 39.7. The van der Waals surface area contributed by atoms with Gasteiger partial charge in [0.2, 0.25) is 0 Å². The van der Waals surface area contributed by atoms with Crippen LogP contribution in [0.4, 0.5) is 0 Å². The molecule has 36 heavy (non-hydrogen) atoms. The lowest BCUT2D eigenvalue weighted by Crippen LogP contribution is -2.41. The van der Waals surface area contributed by atoms with Crippen LogP contribution in [0.5, 0.6) is 0 Å². The first kappa shape index (κ1) is 33.2. The van der Waals surface area contributed by atoms with Crippen LogP contribution >= 0.6 is 0 Å². The highest BCUT2D eigenvalue weighted by Crippen LogP contribution is 2.27. The number of aromatic nitrogens is 2. The average Bonchev–Trinajstić information content (AvgIpc) is 3.38. The first-order valence-electron chi connectivity index (χ1n) is 16.8. The number of nitrogens with one attached hydrogen (secondary N) is 1. The van der Waals surface area contributed by atoms with Crippen molar-refractivity contribution >= 4 is 0 Å². The molecule has 0 spiro atoms. The van der Waals surface area contributed by atoms with Crippen molar-refractivity contribution in [1.29, 1.82) is 0 Å². The maximum atomic E-state index is 3.71. The summed E-state index contributed by atoms with van der Waals surface area (Å²) in [5, 5.41) is 0. The number of hydrogen-bond acceptors (Lipinski definition) is 0. The van der Waals surface area contributed by atoms with E-state index < -0.39 is 0 Å². The predicted octanol–water partition coefficient (Wildman–Crippen LogP) is 11.8. The molecule has 0 radical (unpaired) electrons. The van der Waals surface area contributed by atoms with Crippen LogP contribution in [-0.4, -0.2) is 4.98 Å². The van der Waals surface area contributed by atoms with Gasteiger partial charge in [-0.15, -0.1) is 0 Å². The largest absolute Gasteiger partial charge is 0.257 e. The van der Waals surface area contributed by atoms with Gasteiger partial charge >= 0.3 is 0 Å². The highest BCUT2D eigenvalue weighted by molar-refractivity contribution is 4.90. The molecule has 1 aromatic heterocycles. The number of imidazole rings is 1. The molecular formula is C34H67N2+. The first-order chi connectivity index (χ1) is 17.7. The van der Waals surface area contributed by atoms with Crippen molar-refractivity contribution in [3.8, 4) is 0 Å². The quantitative estimate of drug-likeness (QED) is 0.0909. The molecule has 1 rings (SSSR count). The molecule has 0 aliphatic heterocycles. The lowest BCUT2D eigenvalue weighted by molar-refractivity contribution is -0.727. The van der Waals surface area contributed by atoms with Gasteiger partial charge in [0.05, 0.1) is 12.0 Å². The highest BCUT2D eigenvalue weighted by atomic mass is 15.1. The van der Waals surface area contributed by atoms with Crippen molar-refractivity contribution in [2.24, 2.45) is 0 Å². The van der Waals surface area contributed by atoms with Crippen LogP contribution in [0.1, 0.15) is 206 Å². The van der Waals surface area contributed by atoms with E-state index in [2.05, 4.69) is 49.6 Å². The van der Waals surface area contributed by atoms with Gasteiger partial charge in [0.25, 0.3) is 5.82 Å². The SMILES string of the molecule is CCCCCCCCCCCC(CCCCCCC)c1[nH]cc[n+]1C(C)CCCCCCCCCC. The van der Waals surface area contributed by atoms with Gasteiger partial charge in [0.15, 0.2) is 0 Å². The predicted molar refractivity (Wildman–Crippen MR) is 161 cm³/mol. The molecule has 0 fully saturated rings. The molecule has 0 amide bonds. The zero-order valence-corrected chi connectivity index (χ0v) is 25.4. The van der Waals surface area contributed by atoms with Crippen molar-refractivity contribution in [1.82, 2.24) is 4.98 Å². The summed E-state index contributed by atoms with van der Waals surface area (Å²) in [5.41, 5.74) is 0. The molecule has 0 aliphatic carbocycles. The Bertz CT molecular complexity index is 563. The molecule has 2 heteroatoms. The molecule has 0 bridgehead atoms. The normalized spacial score (nSPS) is 13.3. The summed E-state index contributed by atoms with van der Waals surface area (Å²) in [6, 6.07) is 0.622. The minimum atomic E-state index is 0.622. The fraction of sp³-hybridized carbons (Fsp3) is 0.912. The summed E-state index contributed by atoms with van der Waals surface area (Å²) < 4.78 is 2.62. The maximum Gasteiger partial charge on any atom is 0.257 e. The number of H-pyrrole nitrogens is 1. The molecule has 1 aromatic rings. The molecular weight excluding hydrogens is 436 g/mol. The topological polar surface area (TPSA) is 19.7 Å². The van der Waals surface area contributed by atoms with E-state index in [4.69, 9.17) is 0 Å². The number of hydrogen-bond donors (Lipinski definition) is 1. The number of unbranched alkanes of at least 4 members (excludes halogenated alkanes) is 19. The van der Waals surface area contributed by atoms with Crippen LogP contribution in [0.3, 0.4) is 0 Å². The van der Waals surface area contributed by atoms with Crippen molar-refractivity contribution in [3.63, 3.8) is 0 Å². The van der Waals surface area contributed by atoms with E-state index in [9.17, 15) is 0 Å². The van der Waals surface area contributed by atoms with E-state index in [0.717, 1.165) is 0 Å². The third-order valence-electron chi connectivity index (χ3n) is 8.39. The van der Waals surface area contributed by atoms with E-state index in [1.807, 2.05) is 0 Å². The lowest BCUT2D eigenvalue weighted by Gasteiger charge is -2.17. The standard InChI is InChI=1S/C34H66N2/c1-5-8-11-14-16-18-20-23-26-29-33(28-25-21-13-10-7-3)34-35-30-31-36(34)32(4)27-24-22-19-17-15-12-9-6-2/h30-33H,5-29H2,1-4H3/p+1. The van der Waals surface area contributed by atoms with Crippen LogP contribution < -0.4 is 4.57 Å². The van der Waals surface area contributed by atoms with Gasteiger partial charge in [-0.1, -0.05) is 156 Å². The Kier molecular flexibility index (Phi) is 22.7. The second-order valence-corrected chi connectivity index (χ2v) is 11.9. The van der Waals surface area contributed by atoms with Crippen LogP contribution in [0.25, 0.3) is 0 Å². The van der Waals surface area contributed by atoms with Crippen molar-refractivity contribution in [2.45, 2.75) is 200 Å². The Morgan fingerprint density at radius 2 is 0.889 bits per heavy atom. The highest BCUT2D eigenvalue weighted by Gasteiger charge is 2.25. The molecule has 0 aromatic carbocycles. The van der Waals surface area contributed by atoms with E-state index >= 15 is 0 Å². The number of rotatable bonds is 27. The fourth-order valence-corrected chi connectivity index (χ4v) is 5.90. The Morgan fingerprint density at radius 3 is 1.31 bits per heavy atom. The molecule has 2 unspecified atom stereocenters. The summed E-state index contributed by atoms with van der Waals surface area (Å²) in [5.74, 6) is 2.24. The van der Waals surface area contributed by atoms with Gasteiger partial charge in [0.1, 0.15) is 12.4 Å². The molecule has 0 saturated heterocycles. The molecule has 1 N–H and O–H groups in total. The molecule has 212 valence electrons. The summed E-state index contributed by atoms with van der Waals surface area (Å²) in [4.78, 5) is 3.71. The Balaban J connectivity index is 2.45. The van der Waals surface area contributed by atoms with E-state index in [1.54, 1.807) is 0 Å². The maximum absolute atomic E-state index is 3.71. The Hall–Kier alpha value is -0.790. The van der Waals surface area contributed by atoms with Gasteiger partial charge in [-0.2, -0.15) is 0 Å². The number of nitrogens with zero attached hydrogens (tertiary/aromatic N) is 1. The fourth-order valence-electron chi connectivity index (χ4n) is 5.90. The molecule has 0 saturated carbocycles. The Morgan fingerprint density at radius 1 is 0.528 bits per heavy atom. The van der Waals surface area contributed by atoms with Crippen molar-refractivity contribution in [2.75, 3.05) is 0 Å². The minimum absolute atomic E-state index is 0.622. The monoisotopic (exact) mass is 504 g/mol. The van der Waals surface area contributed by atoms with Crippen molar-refractivity contribution in [3.05, 3.63) is 18.2 Å². The van der Waals surface area contributed by atoms with Gasteiger partial charge in [-0.3, -0.25) is 0 Å². The Labute approximate surface area is 227 Å². The van der Waals surface area contributed by atoms with Crippen LogP contribution in [-0.2, 0) is 0 Å². The van der Waals surface area contributed by atoms with Crippen molar-refractivity contribution < 1.29 is 4.57 Å². The minimum Gasteiger partial charge on any atom is -0.247 e.